The SMILES string of the molecule is CCN(c1nc(OCC23CCCN2CC(F)C3)nc2c(F)c(-c3ccc(F)c4sc(N)c(C#N)c34)c(C(F)(F)F)cc12)C1CC(C)N(C(=O)C(C)C)C1. The van der Waals surface area contributed by atoms with Gasteiger partial charge >= 0.3 is 12.2 Å². The molecule has 282 valence electrons. The van der Waals surface area contributed by atoms with Crippen molar-refractivity contribution in [2.45, 2.75) is 83.3 Å². The number of ether oxygens (including phenoxy) is 1. The van der Waals surface area contributed by atoms with Crippen molar-refractivity contribution >= 4 is 49.1 Å². The van der Waals surface area contributed by atoms with Crippen molar-refractivity contribution in [1.82, 2.24) is 19.8 Å². The number of benzene rings is 2. The van der Waals surface area contributed by atoms with Gasteiger partial charge in [0.05, 0.1) is 21.4 Å². The predicted molar refractivity (Wildman–Crippen MR) is 190 cm³/mol. The standard InChI is InChI=1S/C37H39F6N7O2S/c1-5-49(21-11-19(4)50(16-21)34(51)18(2)3)33-23-12-25(37(41,42)43)28(22-7-8-26(39)31-27(22)24(14-44)32(45)53-31)29(40)30(23)46-35(47-33)52-17-36-9-6-10-48(36)15-20(38)13-36/h7-8,12,18-21H,5-6,9-11,13,15-17,45H2,1-4H3. The molecule has 4 unspecified atom stereocenters. The van der Waals surface area contributed by atoms with Crippen LogP contribution in [0.1, 0.15) is 64.5 Å². The maximum atomic E-state index is 17.3. The summed E-state index contributed by atoms with van der Waals surface area (Å²) in [7, 11) is 0. The van der Waals surface area contributed by atoms with Crippen molar-refractivity contribution in [3.05, 3.63) is 41.0 Å². The zero-order valence-electron chi connectivity index (χ0n) is 29.7. The van der Waals surface area contributed by atoms with Crippen molar-refractivity contribution in [2.24, 2.45) is 5.92 Å². The average Bonchev–Trinajstić information content (AvgIpc) is 3.84. The first-order valence-electron chi connectivity index (χ1n) is 17.7. The molecule has 2 N–H and O–H groups in total. The molecule has 0 saturated carbocycles. The number of hydrogen-bond acceptors (Lipinski definition) is 9. The Morgan fingerprint density at radius 3 is 2.68 bits per heavy atom. The molecular weight excluding hydrogens is 721 g/mol. The lowest BCUT2D eigenvalue weighted by atomic mass is 9.92. The summed E-state index contributed by atoms with van der Waals surface area (Å²) in [5.41, 5.74) is 1.92. The number of carbonyl (C=O) groups is 1. The van der Waals surface area contributed by atoms with Gasteiger partial charge in [0.1, 0.15) is 41.0 Å². The van der Waals surface area contributed by atoms with Crippen molar-refractivity contribution in [3.63, 3.8) is 0 Å². The third-order valence-electron chi connectivity index (χ3n) is 11.0. The molecular formula is C37H39F6N7O2S. The van der Waals surface area contributed by atoms with Gasteiger partial charge in [-0.1, -0.05) is 19.9 Å². The number of likely N-dealkylation sites (tertiary alicyclic amines) is 1. The van der Waals surface area contributed by atoms with Gasteiger partial charge in [-0.2, -0.15) is 28.4 Å². The van der Waals surface area contributed by atoms with E-state index in [1.807, 2.05) is 17.9 Å². The average molecular weight is 760 g/mol. The van der Waals surface area contributed by atoms with Gasteiger partial charge in [0, 0.05) is 60.4 Å². The number of anilines is 2. The molecule has 3 fully saturated rings. The number of rotatable bonds is 8. The Morgan fingerprint density at radius 2 is 2.00 bits per heavy atom. The molecule has 5 heterocycles. The Hall–Kier alpha value is -4.36. The Morgan fingerprint density at radius 1 is 1.25 bits per heavy atom. The third kappa shape index (κ3) is 6.19. The van der Waals surface area contributed by atoms with Crippen LogP contribution in [0.2, 0.25) is 0 Å². The number of amides is 1. The third-order valence-corrected chi connectivity index (χ3v) is 12.0. The van der Waals surface area contributed by atoms with Gasteiger partial charge in [0.15, 0.2) is 5.82 Å². The molecule has 4 atom stereocenters. The number of aromatic nitrogens is 2. The normalized spacial score (nSPS) is 23.4. The maximum absolute atomic E-state index is 17.3. The lowest BCUT2D eigenvalue weighted by molar-refractivity contribution is -0.137. The molecule has 2 aromatic carbocycles. The van der Waals surface area contributed by atoms with Crippen molar-refractivity contribution in [1.29, 1.82) is 5.26 Å². The number of likely N-dealkylation sites (N-methyl/N-ethyl adjacent to an activating group) is 1. The van der Waals surface area contributed by atoms with Crippen LogP contribution in [0.3, 0.4) is 0 Å². The molecule has 16 heteroatoms. The second-order valence-corrected chi connectivity index (χ2v) is 15.7. The minimum atomic E-state index is -5.12. The van der Waals surface area contributed by atoms with Crippen LogP contribution in [0.5, 0.6) is 6.01 Å². The highest BCUT2D eigenvalue weighted by Gasteiger charge is 2.49. The Kier molecular flexibility index (Phi) is 9.41. The number of thiophene rings is 1. The topological polar surface area (TPSA) is 112 Å². The molecule has 3 aliphatic heterocycles. The van der Waals surface area contributed by atoms with E-state index in [2.05, 4.69) is 9.97 Å². The predicted octanol–water partition coefficient (Wildman–Crippen LogP) is 7.69. The van der Waals surface area contributed by atoms with Gasteiger partial charge in [-0.3, -0.25) is 9.69 Å². The van der Waals surface area contributed by atoms with Crippen LogP contribution in [0.15, 0.2) is 18.2 Å². The lowest BCUT2D eigenvalue weighted by Gasteiger charge is -2.32. The largest absolute Gasteiger partial charge is 0.461 e. The maximum Gasteiger partial charge on any atom is 0.417 e. The Labute approximate surface area is 306 Å². The van der Waals surface area contributed by atoms with Crippen LogP contribution in [-0.4, -0.2) is 82.3 Å². The number of alkyl halides is 4. The summed E-state index contributed by atoms with van der Waals surface area (Å²) in [6, 6.07) is 3.65. The first-order chi connectivity index (χ1) is 25.1. The highest BCUT2D eigenvalue weighted by atomic mass is 32.1. The van der Waals surface area contributed by atoms with Gasteiger partial charge in [0.2, 0.25) is 5.91 Å². The number of hydrogen-bond donors (Lipinski definition) is 1. The van der Waals surface area contributed by atoms with Gasteiger partial charge in [0.25, 0.3) is 0 Å². The quantitative estimate of drug-likeness (QED) is 0.182. The summed E-state index contributed by atoms with van der Waals surface area (Å²) >= 11 is 0.683. The monoisotopic (exact) mass is 759 g/mol. The fourth-order valence-corrected chi connectivity index (χ4v) is 9.52. The van der Waals surface area contributed by atoms with E-state index in [9.17, 15) is 18.8 Å². The molecule has 1 amide bonds. The Balaban J connectivity index is 1.45. The van der Waals surface area contributed by atoms with E-state index in [4.69, 9.17) is 10.5 Å². The van der Waals surface area contributed by atoms with E-state index in [1.165, 1.54) is 0 Å². The first kappa shape index (κ1) is 37.0. The molecule has 0 aliphatic carbocycles. The van der Waals surface area contributed by atoms with Gasteiger partial charge < -0.3 is 20.3 Å². The van der Waals surface area contributed by atoms with E-state index in [1.54, 1.807) is 30.6 Å². The number of nitrogens with two attached hydrogens (primary N) is 1. The number of nitrogens with zero attached hydrogens (tertiary/aromatic N) is 6. The van der Waals surface area contributed by atoms with E-state index >= 15 is 17.6 Å². The van der Waals surface area contributed by atoms with Crippen LogP contribution in [-0.2, 0) is 11.0 Å². The molecule has 3 aliphatic rings. The molecule has 0 radical (unpaired) electrons. The van der Waals surface area contributed by atoms with Gasteiger partial charge in [-0.15, -0.1) is 11.3 Å². The second kappa shape index (κ2) is 13.5. The Bertz CT molecular complexity index is 2150. The fourth-order valence-electron chi connectivity index (χ4n) is 8.57. The minimum absolute atomic E-state index is 0.0168. The molecule has 4 aromatic rings. The number of nitriles is 1. The minimum Gasteiger partial charge on any atom is -0.461 e. The van der Waals surface area contributed by atoms with Crippen LogP contribution in [0.25, 0.3) is 32.1 Å². The smallest absolute Gasteiger partial charge is 0.417 e. The molecule has 0 bridgehead atoms. The van der Waals surface area contributed by atoms with Crippen LogP contribution < -0.4 is 15.4 Å². The lowest BCUT2D eigenvalue weighted by Crippen LogP contribution is -2.43. The number of carbonyl (C=O) groups excluding carboxylic acids is 1. The number of halogens is 6. The zero-order chi connectivity index (χ0) is 38.1. The molecule has 9 nitrogen and oxygen atoms in total. The van der Waals surface area contributed by atoms with Crippen LogP contribution in [0, 0.1) is 28.9 Å². The summed E-state index contributed by atoms with van der Waals surface area (Å²) in [5.74, 6) is -2.56. The van der Waals surface area contributed by atoms with E-state index in [0.29, 0.717) is 30.7 Å². The second-order valence-electron chi connectivity index (χ2n) is 14.6. The van der Waals surface area contributed by atoms with Crippen molar-refractivity contribution in [2.75, 3.05) is 43.4 Å². The zero-order valence-corrected chi connectivity index (χ0v) is 30.5. The number of fused-ring (bicyclic) bond motifs is 3. The molecule has 53 heavy (non-hydrogen) atoms. The molecule has 2 aromatic heterocycles. The summed E-state index contributed by atoms with van der Waals surface area (Å²) in [4.78, 5) is 27.6. The number of nitrogen functional groups attached to an aromatic ring is 1. The highest BCUT2D eigenvalue weighted by molar-refractivity contribution is 7.23. The molecule has 0 spiro atoms. The van der Waals surface area contributed by atoms with Crippen molar-refractivity contribution < 1.29 is 35.9 Å². The molecule has 7 rings (SSSR count). The summed E-state index contributed by atoms with van der Waals surface area (Å²) in [6.07, 6.45) is -3.98. The fraction of sp³-hybridized carbons (Fsp3) is 0.514. The van der Waals surface area contributed by atoms with Gasteiger partial charge in [-0.05, 0) is 57.4 Å². The van der Waals surface area contributed by atoms with E-state index < -0.39 is 52.2 Å². The summed E-state index contributed by atoms with van der Waals surface area (Å²) < 4.78 is 98.3. The first-order valence-corrected chi connectivity index (χ1v) is 18.5. The van der Waals surface area contributed by atoms with E-state index in [0.717, 1.165) is 24.6 Å². The van der Waals surface area contributed by atoms with E-state index in [-0.39, 0.29) is 94.0 Å². The molecule has 3 saturated heterocycles. The van der Waals surface area contributed by atoms with Crippen LogP contribution >= 0.6 is 11.3 Å². The van der Waals surface area contributed by atoms with Crippen LogP contribution in [0.4, 0.5) is 37.2 Å². The van der Waals surface area contributed by atoms with Crippen molar-refractivity contribution in [3.8, 4) is 23.2 Å². The summed E-state index contributed by atoms with van der Waals surface area (Å²) in [6.45, 7) is 8.69. The highest BCUT2D eigenvalue weighted by Crippen LogP contribution is 2.48. The summed E-state index contributed by atoms with van der Waals surface area (Å²) in [5, 5.41) is 9.27. The van der Waals surface area contributed by atoms with Gasteiger partial charge in [-0.25, -0.2) is 13.2 Å².